The van der Waals surface area contributed by atoms with Gasteiger partial charge in [-0.15, -0.1) is 0 Å². The maximum absolute atomic E-state index is 5.53. The van der Waals surface area contributed by atoms with Gasteiger partial charge in [-0.25, -0.2) is 0 Å². The minimum absolute atomic E-state index is 0.00361. The van der Waals surface area contributed by atoms with Gasteiger partial charge in [-0.3, -0.25) is 21.2 Å². The first kappa shape index (κ1) is 10.7. The molecule has 0 fully saturated rings. The van der Waals surface area contributed by atoms with Crippen molar-refractivity contribution in [3.63, 3.8) is 0 Å². The lowest BCUT2D eigenvalue weighted by Gasteiger charge is -2.14. The van der Waals surface area contributed by atoms with Crippen molar-refractivity contribution < 1.29 is 0 Å². The van der Waals surface area contributed by atoms with Gasteiger partial charge in [0.15, 0.2) is 0 Å². The van der Waals surface area contributed by atoms with E-state index in [2.05, 4.69) is 15.4 Å². The van der Waals surface area contributed by atoms with Crippen molar-refractivity contribution in [2.24, 2.45) is 5.84 Å². The molecule has 0 radical (unpaired) electrons. The Kier molecular flexibility index (Phi) is 3.58. The van der Waals surface area contributed by atoms with E-state index in [0.29, 0.717) is 0 Å². The van der Waals surface area contributed by atoms with Crippen molar-refractivity contribution in [1.29, 1.82) is 0 Å². The Hall–Kier alpha value is -1.78. The van der Waals surface area contributed by atoms with Crippen molar-refractivity contribution in [2.75, 3.05) is 0 Å². The molecule has 2 aromatic rings. The molecule has 0 spiro atoms. The van der Waals surface area contributed by atoms with Crippen LogP contribution in [0, 0.1) is 0 Å². The van der Waals surface area contributed by atoms with Crippen LogP contribution >= 0.6 is 0 Å². The molecule has 0 aliphatic rings. The Balaban J connectivity index is 2.13. The van der Waals surface area contributed by atoms with E-state index in [9.17, 15) is 0 Å². The molecule has 1 atom stereocenters. The Bertz CT molecular complexity index is 416. The molecule has 0 bridgehead atoms. The van der Waals surface area contributed by atoms with Crippen LogP contribution in [0.5, 0.6) is 0 Å². The summed E-state index contributed by atoms with van der Waals surface area (Å²) in [5.74, 6) is 5.53. The van der Waals surface area contributed by atoms with Crippen LogP contribution in [0.15, 0.2) is 48.8 Å². The summed E-state index contributed by atoms with van der Waals surface area (Å²) < 4.78 is 0. The lowest BCUT2D eigenvalue weighted by atomic mass is 10.1. The molecule has 0 saturated carbocycles. The van der Waals surface area contributed by atoms with E-state index in [0.717, 1.165) is 17.8 Å². The third-order valence-corrected chi connectivity index (χ3v) is 2.39. The van der Waals surface area contributed by atoms with Crippen molar-refractivity contribution in [2.45, 2.75) is 12.5 Å². The van der Waals surface area contributed by atoms with Gasteiger partial charge >= 0.3 is 0 Å². The van der Waals surface area contributed by atoms with Crippen LogP contribution in [0.25, 0.3) is 0 Å². The average molecular weight is 214 g/mol. The van der Waals surface area contributed by atoms with E-state index >= 15 is 0 Å². The number of rotatable bonds is 4. The predicted molar refractivity (Wildman–Crippen MR) is 62.2 cm³/mol. The summed E-state index contributed by atoms with van der Waals surface area (Å²) in [4.78, 5) is 8.54. The lowest BCUT2D eigenvalue weighted by Crippen LogP contribution is -2.30. The second kappa shape index (κ2) is 5.34. The molecular weight excluding hydrogens is 200 g/mol. The van der Waals surface area contributed by atoms with E-state index in [1.54, 1.807) is 12.4 Å². The molecule has 16 heavy (non-hydrogen) atoms. The molecule has 0 amide bonds. The summed E-state index contributed by atoms with van der Waals surface area (Å²) in [7, 11) is 0. The van der Waals surface area contributed by atoms with Crippen LogP contribution in [-0.4, -0.2) is 9.97 Å². The van der Waals surface area contributed by atoms with E-state index in [4.69, 9.17) is 5.84 Å². The monoisotopic (exact) mass is 214 g/mol. The molecular formula is C12H14N4. The normalized spacial score (nSPS) is 12.3. The molecule has 1 unspecified atom stereocenters. The highest BCUT2D eigenvalue weighted by molar-refractivity contribution is 5.13. The van der Waals surface area contributed by atoms with Gasteiger partial charge in [-0.2, -0.15) is 0 Å². The van der Waals surface area contributed by atoms with E-state index in [1.165, 1.54) is 0 Å². The second-order valence-electron chi connectivity index (χ2n) is 3.50. The molecule has 4 nitrogen and oxygen atoms in total. The Morgan fingerprint density at radius 1 is 1.06 bits per heavy atom. The fraction of sp³-hybridized carbons (Fsp3) is 0.167. The first-order valence-electron chi connectivity index (χ1n) is 5.17. The van der Waals surface area contributed by atoms with Gasteiger partial charge in [0, 0.05) is 24.5 Å². The van der Waals surface area contributed by atoms with Gasteiger partial charge in [-0.05, 0) is 24.3 Å². The summed E-state index contributed by atoms with van der Waals surface area (Å²) >= 11 is 0. The molecule has 3 N–H and O–H groups in total. The number of nitrogens with zero attached hydrogens (tertiary/aromatic N) is 2. The zero-order valence-electron chi connectivity index (χ0n) is 8.88. The van der Waals surface area contributed by atoms with Crippen LogP contribution in [0.3, 0.4) is 0 Å². The number of nitrogens with one attached hydrogen (secondary N) is 1. The Morgan fingerprint density at radius 3 is 2.38 bits per heavy atom. The summed E-state index contributed by atoms with van der Waals surface area (Å²) in [6, 6.07) is 11.6. The van der Waals surface area contributed by atoms with Gasteiger partial charge in [0.05, 0.1) is 11.7 Å². The number of pyridine rings is 2. The molecule has 2 rings (SSSR count). The molecule has 0 saturated heterocycles. The molecule has 0 aliphatic heterocycles. The van der Waals surface area contributed by atoms with Gasteiger partial charge in [0.2, 0.25) is 0 Å². The van der Waals surface area contributed by atoms with Gasteiger partial charge in [-0.1, -0.05) is 12.1 Å². The zero-order chi connectivity index (χ0) is 11.2. The summed E-state index contributed by atoms with van der Waals surface area (Å²) in [6.07, 6.45) is 4.27. The van der Waals surface area contributed by atoms with Crippen LogP contribution in [0.4, 0.5) is 0 Å². The van der Waals surface area contributed by atoms with Gasteiger partial charge < -0.3 is 0 Å². The Labute approximate surface area is 94.5 Å². The fourth-order valence-electron chi connectivity index (χ4n) is 1.56. The summed E-state index contributed by atoms with van der Waals surface area (Å²) in [6.45, 7) is 0. The van der Waals surface area contributed by atoms with Crippen LogP contribution in [0.2, 0.25) is 0 Å². The van der Waals surface area contributed by atoms with Crippen molar-refractivity contribution in [3.05, 3.63) is 60.2 Å². The lowest BCUT2D eigenvalue weighted by molar-refractivity contribution is 0.533. The second-order valence-corrected chi connectivity index (χ2v) is 3.50. The zero-order valence-corrected chi connectivity index (χ0v) is 8.88. The Morgan fingerprint density at radius 2 is 1.81 bits per heavy atom. The van der Waals surface area contributed by atoms with Crippen LogP contribution in [-0.2, 0) is 6.42 Å². The van der Waals surface area contributed by atoms with E-state index < -0.39 is 0 Å². The largest absolute Gasteiger partial charge is 0.271 e. The SMILES string of the molecule is NNC(Cc1ccccn1)c1ccccn1. The maximum Gasteiger partial charge on any atom is 0.0687 e. The van der Waals surface area contributed by atoms with Gasteiger partial charge in [0.1, 0.15) is 0 Å². The third-order valence-electron chi connectivity index (χ3n) is 2.39. The standard InChI is InChI=1S/C12H14N4/c13-16-12(11-6-2-4-8-15-11)9-10-5-1-3-7-14-10/h1-8,12,16H,9,13H2. The highest BCUT2D eigenvalue weighted by Crippen LogP contribution is 2.13. The number of aromatic nitrogens is 2. The summed E-state index contributed by atoms with van der Waals surface area (Å²) in [5.41, 5.74) is 4.69. The van der Waals surface area contributed by atoms with Crippen molar-refractivity contribution in [1.82, 2.24) is 15.4 Å². The molecule has 0 aromatic carbocycles. The third kappa shape index (κ3) is 2.62. The minimum Gasteiger partial charge on any atom is -0.271 e. The average Bonchev–Trinajstić information content (AvgIpc) is 2.38. The fourth-order valence-corrected chi connectivity index (χ4v) is 1.56. The number of hydrazine groups is 1. The highest BCUT2D eigenvalue weighted by atomic mass is 15.2. The van der Waals surface area contributed by atoms with Crippen LogP contribution < -0.4 is 11.3 Å². The van der Waals surface area contributed by atoms with E-state index in [-0.39, 0.29) is 6.04 Å². The first-order chi connectivity index (χ1) is 7.90. The van der Waals surface area contributed by atoms with Gasteiger partial charge in [0.25, 0.3) is 0 Å². The number of hydrogen-bond acceptors (Lipinski definition) is 4. The topological polar surface area (TPSA) is 63.8 Å². The summed E-state index contributed by atoms with van der Waals surface area (Å²) in [5, 5.41) is 0. The highest BCUT2D eigenvalue weighted by Gasteiger charge is 2.11. The first-order valence-corrected chi connectivity index (χ1v) is 5.17. The van der Waals surface area contributed by atoms with Crippen molar-refractivity contribution in [3.8, 4) is 0 Å². The van der Waals surface area contributed by atoms with E-state index in [1.807, 2.05) is 36.4 Å². The molecule has 82 valence electrons. The minimum atomic E-state index is -0.00361. The number of nitrogens with two attached hydrogens (primary N) is 1. The van der Waals surface area contributed by atoms with Crippen molar-refractivity contribution >= 4 is 0 Å². The smallest absolute Gasteiger partial charge is 0.0687 e. The van der Waals surface area contributed by atoms with Crippen LogP contribution in [0.1, 0.15) is 17.4 Å². The maximum atomic E-state index is 5.53. The molecule has 2 heterocycles. The predicted octanol–water partition coefficient (Wildman–Crippen LogP) is 1.22. The molecule has 4 heteroatoms. The quantitative estimate of drug-likeness (QED) is 0.593. The molecule has 0 aliphatic carbocycles. The number of hydrogen-bond donors (Lipinski definition) is 2. The molecule has 2 aromatic heterocycles.